The van der Waals surface area contributed by atoms with Gasteiger partial charge < -0.3 is 14.6 Å². The van der Waals surface area contributed by atoms with Crippen molar-refractivity contribution in [3.63, 3.8) is 0 Å². The number of hydrogen-bond donors (Lipinski definition) is 1. The quantitative estimate of drug-likeness (QED) is 0.659. The summed E-state index contributed by atoms with van der Waals surface area (Å²) in [6.07, 6.45) is 0.833. The number of carbonyl (C=O) groups is 1. The standard InChI is InChI=1S/C18H17NO6/c1-10-6-16(19(22)23)14-8-13(24-2)9-15(14)17(10)25-12-5-3-4-11(7-12)18(20)21/h3-7,13H,8-9H2,1-2H3,(H,20,21). The monoisotopic (exact) mass is 343 g/mol. The Bertz CT molecular complexity index is 861. The molecule has 3 rings (SSSR count). The van der Waals surface area contributed by atoms with Gasteiger partial charge in [0.2, 0.25) is 0 Å². The van der Waals surface area contributed by atoms with Crippen LogP contribution >= 0.6 is 0 Å². The second-order valence-corrected chi connectivity index (χ2v) is 5.96. The zero-order valence-electron chi connectivity index (χ0n) is 13.8. The van der Waals surface area contributed by atoms with E-state index in [1.807, 2.05) is 0 Å². The van der Waals surface area contributed by atoms with Gasteiger partial charge in [-0.15, -0.1) is 0 Å². The summed E-state index contributed by atoms with van der Waals surface area (Å²) in [6.45, 7) is 1.74. The van der Waals surface area contributed by atoms with Crippen molar-refractivity contribution in [2.24, 2.45) is 0 Å². The van der Waals surface area contributed by atoms with Gasteiger partial charge in [0.05, 0.1) is 16.6 Å². The van der Waals surface area contributed by atoms with Gasteiger partial charge in [0.25, 0.3) is 5.69 Å². The van der Waals surface area contributed by atoms with E-state index in [-0.39, 0.29) is 17.4 Å². The maximum atomic E-state index is 11.4. The molecule has 130 valence electrons. The summed E-state index contributed by atoms with van der Waals surface area (Å²) < 4.78 is 11.3. The highest BCUT2D eigenvalue weighted by molar-refractivity contribution is 5.88. The number of hydrogen-bond acceptors (Lipinski definition) is 5. The van der Waals surface area contributed by atoms with Crippen molar-refractivity contribution in [1.29, 1.82) is 0 Å². The van der Waals surface area contributed by atoms with Crippen LogP contribution in [-0.2, 0) is 17.6 Å². The molecule has 0 aromatic heterocycles. The van der Waals surface area contributed by atoms with Crippen molar-refractivity contribution < 1.29 is 24.3 Å². The predicted octanol–water partition coefficient (Wildman–Crippen LogP) is 3.51. The summed E-state index contributed by atoms with van der Waals surface area (Å²) in [5.74, 6) is -0.141. The van der Waals surface area contributed by atoms with E-state index < -0.39 is 10.9 Å². The van der Waals surface area contributed by atoms with E-state index in [2.05, 4.69) is 0 Å². The molecule has 1 aliphatic carbocycles. The number of ether oxygens (including phenoxy) is 2. The minimum Gasteiger partial charge on any atom is -0.478 e. The number of carboxylic acid groups (broad SMARTS) is 1. The molecule has 0 amide bonds. The Morgan fingerprint density at radius 1 is 1.28 bits per heavy atom. The van der Waals surface area contributed by atoms with E-state index in [4.69, 9.17) is 14.6 Å². The molecular formula is C18H17NO6. The van der Waals surface area contributed by atoms with Gasteiger partial charge in [-0.2, -0.15) is 0 Å². The van der Waals surface area contributed by atoms with E-state index in [9.17, 15) is 14.9 Å². The first-order valence-corrected chi connectivity index (χ1v) is 7.74. The molecule has 1 aliphatic rings. The first kappa shape index (κ1) is 16.9. The Kier molecular flexibility index (Phi) is 4.41. The molecule has 0 bridgehead atoms. The van der Waals surface area contributed by atoms with Crippen molar-refractivity contribution in [2.45, 2.75) is 25.9 Å². The van der Waals surface area contributed by atoms with Crippen LogP contribution in [0.3, 0.4) is 0 Å². The second-order valence-electron chi connectivity index (χ2n) is 5.96. The zero-order chi connectivity index (χ0) is 18.1. The molecule has 0 fully saturated rings. The van der Waals surface area contributed by atoms with Crippen LogP contribution in [-0.4, -0.2) is 29.2 Å². The number of aromatic carboxylic acids is 1. The molecule has 0 spiro atoms. The summed E-state index contributed by atoms with van der Waals surface area (Å²) in [5, 5.41) is 20.5. The van der Waals surface area contributed by atoms with Crippen molar-refractivity contribution in [2.75, 3.05) is 7.11 Å². The van der Waals surface area contributed by atoms with Crippen LogP contribution in [0.5, 0.6) is 11.5 Å². The molecule has 1 N–H and O–H groups in total. The third-order valence-electron chi connectivity index (χ3n) is 4.35. The van der Waals surface area contributed by atoms with Gasteiger partial charge in [0.15, 0.2) is 0 Å². The number of carboxylic acids is 1. The summed E-state index contributed by atoms with van der Waals surface area (Å²) in [6, 6.07) is 7.65. The maximum absolute atomic E-state index is 11.4. The van der Waals surface area contributed by atoms with Crippen molar-refractivity contribution >= 4 is 11.7 Å². The molecule has 25 heavy (non-hydrogen) atoms. The van der Waals surface area contributed by atoms with Crippen LogP contribution in [0.15, 0.2) is 30.3 Å². The Labute approximate surface area is 144 Å². The molecule has 2 aromatic carbocycles. The molecule has 1 unspecified atom stereocenters. The zero-order valence-corrected chi connectivity index (χ0v) is 13.8. The van der Waals surface area contributed by atoms with Crippen LogP contribution in [0.1, 0.15) is 27.0 Å². The fourth-order valence-electron chi connectivity index (χ4n) is 3.14. The average molecular weight is 343 g/mol. The van der Waals surface area contributed by atoms with Gasteiger partial charge in [0, 0.05) is 37.1 Å². The van der Waals surface area contributed by atoms with E-state index in [0.717, 1.165) is 5.56 Å². The van der Waals surface area contributed by atoms with Gasteiger partial charge in [-0.25, -0.2) is 4.79 Å². The highest BCUT2D eigenvalue weighted by Gasteiger charge is 2.33. The third kappa shape index (κ3) is 3.18. The fourth-order valence-corrected chi connectivity index (χ4v) is 3.14. The smallest absolute Gasteiger partial charge is 0.335 e. The van der Waals surface area contributed by atoms with Gasteiger partial charge in [-0.05, 0) is 30.7 Å². The average Bonchev–Trinajstić information content (AvgIpc) is 3.01. The van der Waals surface area contributed by atoms with Crippen LogP contribution in [0.25, 0.3) is 0 Å². The molecule has 0 saturated heterocycles. The van der Waals surface area contributed by atoms with Crippen molar-refractivity contribution in [1.82, 2.24) is 0 Å². The second kappa shape index (κ2) is 6.52. The molecule has 0 aliphatic heterocycles. The van der Waals surface area contributed by atoms with E-state index in [0.29, 0.717) is 35.5 Å². The number of methoxy groups -OCH3 is 1. The fraction of sp³-hybridized carbons (Fsp3) is 0.278. The molecule has 0 saturated carbocycles. The van der Waals surface area contributed by atoms with Gasteiger partial charge in [0.1, 0.15) is 11.5 Å². The Morgan fingerprint density at radius 3 is 2.64 bits per heavy atom. The van der Waals surface area contributed by atoms with Gasteiger partial charge in [-0.1, -0.05) is 6.07 Å². The lowest BCUT2D eigenvalue weighted by atomic mass is 10.0. The highest BCUT2D eigenvalue weighted by Crippen LogP contribution is 2.42. The summed E-state index contributed by atoms with van der Waals surface area (Å²) in [5.41, 5.74) is 2.18. The Morgan fingerprint density at radius 2 is 2.00 bits per heavy atom. The Hall–Kier alpha value is -2.93. The first-order chi connectivity index (χ1) is 11.9. The molecule has 7 heteroatoms. The molecule has 2 aromatic rings. The van der Waals surface area contributed by atoms with Crippen LogP contribution < -0.4 is 4.74 Å². The number of nitrogens with zero attached hydrogens (tertiary/aromatic N) is 1. The molecule has 0 heterocycles. The van der Waals surface area contributed by atoms with E-state index in [1.165, 1.54) is 18.2 Å². The number of fused-ring (bicyclic) bond motifs is 1. The Balaban J connectivity index is 2.06. The molecular weight excluding hydrogens is 326 g/mol. The van der Waals surface area contributed by atoms with Gasteiger partial charge in [-0.3, -0.25) is 10.1 Å². The summed E-state index contributed by atoms with van der Waals surface area (Å²) >= 11 is 0. The highest BCUT2D eigenvalue weighted by atomic mass is 16.6. The lowest BCUT2D eigenvalue weighted by molar-refractivity contribution is -0.385. The minimum atomic E-state index is -1.05. The van der Waals surface area contributed by atoms with Crippen molar-refractivity contribution in [3.8, 4) is 11.5 Å². The number of nitro benzene ring substituents is 1. The summed E-state index contributed by atoms with van der Waals surface area (Å²) in [7, 11) is 1.58. The number of benzene rings is 2. The first-order valence-electron chi connectivity index (χ1n) is 7.74. The number of nitro groups is 1. The number of rotatable bonds is 5. The SMILES string of the molecule is COC1Cc2c([N+](=O)[O-])cc(C)c(Oc3cccc(C(=O)O)c3)c2C1. The number of aryl methyl sites for hydroxylation is 1. The molecule has 1 atom stereocenters. The summed E-state index contributed by atoms with van der Waals surface area (Å²) in [4.78, 5) is 22.1. The van der Waals surface area contributed by atoms with Gasteiger partial charge >= 0.3 is 5.97 Å². The minimum absolute atomic E-state index is 0.0682. The maximum Gasteiger partial charge on any atom is 0.335 e. The topological polar surface area (TPSA) is 98.9 Å². The third-order valence-corrected chi connectivity index (χ3v) is 4.35. The normalized spacial score (nSPS) is 15.7. The lowest BCUT2D eigenvalue weighted by Crippen LogP contribution is -2.09. The largest absolute Gasteiger partial charge is 0.478 e. The predicted molar refractivity (Wildman–Crippen MR) is 89.5 cm³/mol. The van der Waals surface area contributed by atoms with Crippen LogP contribution in [0.4, 0.5) is 5.69 Å². The van der Waals surface area contributed by atoms with Crippen molar-refractivity contribution in [3.05, 3.63) is 62.7 Å². The van der Waals surface area contributed by atoms with Crippen LogP contribution in [0.2, 0.25) is 0 Å². The molecule has 7 nitrogen and oxygen atoms in total. The van der Waals surface area contributed by atoms with E-state index in [1.54, 1.807) is 26.2 Å². The van der Waals surface area contributed by atoms with Crippen LogP contribution in [0, 0.1) is 17.0 Å². The lowest BCUT2D eigenvalue weighted by Gasteiger charge is -2.14. The molecule has 0 radical (unpaired) electrons. The van der Waals surface area contributed by atoms with E-state index >= 15 is 0 Å².